The van der Waals surface area contributed by atoms with Gasteiger partial charge >= 0.3 is 6.09 Å². The van der Waals surface area contributed by atoms with Crippen LogP contribution >= 0.6 is 0 Å². The normalized spacial score (nSPS) is 16.0. The third kappa shape index (κ3) is 9.42. The van der Waals surface area contributed by atoms with Crippen molar-refractivity contribution in [3.8, 4) is 0 Å². The number of benzene rings is 2. The van der Waals surface area contributed by atoms with Gasteiger partial charge < -0.3 is 39.4 Å². The largest absolute Gasteiger partial charge is 0.445 e. The second-order valence-electron chi connectivity index (χ2n) is 12.6. The first-order valence-corrected chi connectivity index (χ1v) is 18.3. The molecule has 1 atom stereocenters. The molecular formula is C34H45F2N7O8S. The van der Waals surface area contributed by atoms with Crippen LogP contribution in [-0.4, -0.2) is 132 Å². The molecule has 2 N–H and O–H groups in total. The zero-order chi connectivity index (χ0) is 37.4. The molecule has 284 valence electrons. The first-order valence-electron chi connectivity index (χ1n) is 16.9. The minimum Gasteiger partial charge on any atom is -0.445 e. The average molecular weight is 750 g/mol. The van der Waals surface area contributed by atoms with Crippen molar-refractivity contribution in [1.29, 1.82) is 0 Å². The second kappa shape index (κ2) is 17.5. The van der Waals surface area contributed by atoms with Crippen molar-refractivity contribution >= 4 is 39.2 Å². The Labute approximate surface area is 301 Å². The van der Waals surface area contributed by atoms with Crippen molar-refractivity contribution in [1.82, 2.24) is 19.0 Å². The van der Waals surface area contributed by atoms with Gasteiger partial charge in [-0.25, -0.2) is 22.0 Å². The Kier molecular flexibility index (Phi) is 13.2. The van der Waals surface area contributed by atoms with E-state index in [0.29, 0.717) is 37.3 Å². The van der Waals surface area contributed by atoms with E-state index in [1.54, 1.807) is 13.2 Å². The van der Waals surface area contributed by atoms with Gasteiger partial charge in [-0.3, -0.25) is 4.79 Å². The highest BCUT2D eigenvalue weighted by Crippen LogP contribution is 2.32. The van der Waals surface area contributed by atoms with Crippen molar-refractivity contribution in [3.63, 3.8) is 0 Å². The smallest absolute Gasteiger partial charge is 0.435 e. The predicted octanol–water partition coefficient (Wildman–Crippen LogP) is 3.01. The summed E-state index contributed by atoms with van der Waals surface area (Å²) < 4.78 is 78.2. The molecule has 5 rings (SSSR count). The third-order valence-corrected chi connectivity index (χ3v) is 10.5. The van der Waals surface area contributed by atoms with Crippen LogP contribution in [0.25, 0.3) is 0 Å². The summed E-state index contributed by atoms with van der Waals surface area (Å²) in [4.78, 5) is 31.2. The molecule has 2 aliphatic heterocycles. The number of halogens is 2. The van der Waals surface area contributed by atoms with Crippen LogP contribution in [0.5, 0.6) is 0 Å². The fourth-order valence-electron chi connectivity index (χ4n) is 6.01. The molecule has 15 nitrogen and oxygen atoms in total. The summed E-state index contributed by atoms with van der Waals surface area (Å²) in [6.45, 7) is 5.88. The molecule has 0 saturated carbocycles. The van der Waals surface area contributed by atoms with Gasteiger partial charge in [-0.2, -0.15) is 8.99 Å². The number of carbonyl (C=O) groups excluding carboxylic acids is 2. The molecule has 1 aromatic heterocycles. The Morgan fingerprint density at radius 2 is 1.65 bits per heavy atom. The van der Waals surface area contributed by atoms with Gasteiger partial charge in [0, 0.05) is 89.0 Å². The van der Waals surface area contributed by atoms with Gasteiger partial charge in [0.2, 0.25) is 10.0 Å². The van der Waals surface area contributed by atoms with Crippen LogP contribution in [0, 0.1) is 11.6 Å². The van der Waals surface area contributed by atoms with Gasteiger partial charge in [0.25, 0.3) is 5.91 Å². The summed E-state index contributed by atoms with van der Waals surface area (Å²) in [5.41, 5.74) is 2.29. The Bertz CT molecular complexity index is 1820. The fraction of sp³-hybridized carbons (Fsp3) is 0.500. The Balaban J connectivity index is 1.45. The maximum Gasteiger partial charge on any atom is 0.435 e. The van der Waals surface area contributed by atoms with Crippen LogP contribution in [0.3, 0.4) is 0 Å². The molecule has 1 amide bonds. The molecule has 1 fully saturated rings. The molecular weight excluding hydrogens is 704 g/mol. The molecule has 0 spiro atoms. The number of nitrogens with one attached hydrogen (secondary N) is 2. The van der Waals surface area contributed by atoms with Crippen molar-refractivity contribution < 1.29 is 45.7 Å². The molecule has 0 unspecified atom stereocenters. The van der Waals surface area contributed by atoms with Gasteiger partial charge in [0.15, 0.2) is 5.82 Å². The maximum atomic E-state index is 14.0. The number of ether oxygens (including phenoxy) is 4. The number of piperazine rings is 1. The Morgan fingerprint density at radius 1 is 0.942 bits per heavy atom. The van der Waals surface area contributed by atoms with Gasteiger partial charge in [-0.05, 0) is 44.3 Å². The van der Waals surface area contributed by atoms with Crippen molar-refractivity contribution in [2.75, 3.05) is 103 Å². The lowest BCUT2D eigenvalue weighted by Gasteiger charge is -2.34. The number of nitrogens with zero attached hydrogens (tertiary/aromatic N) is 5. The number of aromatic nitrogens is 2. The maximum absolute atomic E-state index is 14.0. The number of anilines is 3. The summed E-state index contributed by atoms with van der Waals surface area (Å²) in [6, 6.07) is 7.34. The number of sulfonamides is 1. The highest BCUT2D eigenvalue weighted by atomic mass is 32.2. The summed E-state index contributed by atoms with van der Waals surface area (Å²) in [5, 5.41) is 10.5. The van der Waals surface area contributed by atoms with E-state index in [9.17, 15) is 26.8 Å². The molecule has 2 aliphatic rings. The zero-order valence-corrected chi connectivity index (χ0v) is 30.5. The van der Waals surface area contributed by atoms with E-state index in [-0.39, 0.29) is 55.7 Å². The summed E-state index contributed by atoms with van der Waals surface area (Å²) in [7, 11) is 0.788. The van der Waals surface area contributed by atoms with Crippen molar-refractivity contribution in [2.24, 2.45) is 0 Å². The van der Waals surface area contributed by atoms with E-state index in [4.69, 9.17) is 18.9 Å². The van der Waals surface area contributed by atoms with Crippen molar-refractivity contribution in [3.05, 3.63) is 64.9 Å². The van der Waals surface area contributed by atoms with Crippen LogP contribution in [0.4, 0.5) is 30.8 Å². The fourth-order valence-corrected chi connectivity index (χ4v) is 7.47. The van der Waals surface area contributed by atoms with Crippen LogP contribution in [0.2, 0.25) is 0 Å². The Morgan fingerprint density at radius 3 is 2.35 bits per heavy atom. The first-order chi connectivity index (χ1) is 24.9. The molecule has 0 aliphatic carbocycles. The molecule has 0 radical (unpaired) electrons. The van der Waals surface area contributed by atoms with Gasteiger partial charge in [-0.1, -0.05) is 0 Å². The lowest BCUT2D eigenvalue weighted by molar-refractivity contribution is 0.0417. The predicted molar refractivity (Wildman–Crippen MR) is 188 cm³/mol. The SMILES string of the molecule is COCCOCCOC(=O)n1nc(NC(=O)c2ccc(N3CCN(C)CC3)cc2N[C@H](C)COC)c2c1CCN(S(=O)(=O)c1cc(F)cc(F)c1)C2. The number of hydrogen-bond donors (Lipinski definition) is 2. The van der Waals surface area contributed by atoms with Crippen LogP contribution in [-0.2, 0) is 41.9 Å². The van der Waals surface area contributed by atoms with E-state index in [2.05, 4.69) is 32.6 Å². The number of fused-ring (bicyclic) bond motifs is 1. The highest BCUT2D eigenvalue weighted by molar-refractivity contribution is 7.89. The van der Waals surface area contributed by atoms with E-state index < -0.39 is 38.6 Å². The lowest BCUT2D eigenvalue weighted by Crippen LogP contribution is -2.44. The quantitative estimate of drug-likeness (QED) is 0.220. The minimum absolute atomic E-state index is 0.0181. The highest BCUT2D eigenvalue weighted by Gasteiger charge is 2.35. The van der Waals surface area contributed by atoms with E-state index in [0.717, 1.165) is 53.0 Å². The lowest BCUT2D eigenvalue weighted by atomic mass is 10.1. The number of likely N-dealkylation sites (N-methyl/N-ethyl adjacent to an activating group) is 1. The topological polar surface area (TPSA) is 157 Å². The zero-order valence-electron chi connectivity index (χ0n) is 29.7. The van der Waals surface area contributed by atoms with E-state index in [1.165, 1.54) is 7.11 Å². The van der Waals surface area contributed by atoms with Crippen LogP contribution in [0.15, 0.2) is 41.3 Å². The first kappa shape index (κ1) is 39.0. The van der Waals surface area contributed by atoms with Crippen molar-refractivity contribution in [2.45, 2.75) is 30.8 Å². The average Bonchev–Trinajstić information content (AvgIpc) is 3.47. The number of carbonyl (C=O) groups is 2. The van der Waals surface area contributed by atoms with Crippen LogP contribution < -0.4 is 15.5 Å². The van der Waals surface area contributed by atoms with Gasteiger partial charge in [-0.15, -0.1) is 5.10 Å². The minimum atomic E-state index is -4.40. The molecule has 3 aromatic rings. The second-order valence-corrected chi connectivity index (χ2v) is 14.5. The number of amides is 1. The van der Waals surface area contributed by atoms with Gasteiger partial charge in [0.1, 0.15) is 18.2 Å². The monoisotopic (exact) mass is 749 g/mol. The molecule has 1 saturated heterocycles. The van der Waals surface area contributed by atoms with E-state index in [1.807, 2.05) is 19.1 Å². The molecule has 3 heterocycles. The molecule has 0 bridgehead atoms. The standard InChI is InChI=1S/C34H45F2N7O8S/c1-23(22-49-4)37-30-20-26(41-11-9-40(2)10-12-41)5-6-28(30)33(44)38-32-29-21-42(52(46,47)27-18-24(35)17-25(36)19-27)8-7-31(29)43(39-32)34(45)51-16-15-50-14-13-48-3/h5-6,17-20,23,37H,7-16,21-22H2,1-4H3,(H,38,39,44)/t23-/m1/s1. The number of hydrogen-bond acceptors (Lipinski definition) is 12. The number of methoxy groups -OCH3 is 2. The van der Waals surface area contributed by atoms with E-state index >= 15 is 0 Å². The molecule has 2 aromatic carbocycles. The summed E-state index contributed by atoms with van der Waals surface area (Å²) in [5.74, 6) is -2.74. The summed E-state index contributed by atoms with van der Waals surface area (Å²) in [6.07, 6.45) is -0.877. The van der Waals surface area contributed by atoms with Gasteiger partial charge in [0.05, 0.1) is 42.6 Å². The third-order valence-electron chi connectivity index (χ3n) is 8.72. The Hall–Kier alpha value is -4.20. The molecule has 18 heteroatoms. The summed E-state index contributed by atoms with van der Waals surface area (Å²) >= 11 is 0. The van der Waals surface area contributed by atoms with Crippen LogP contribution in [0.1, 0.15) is 28.5 Å². The number of rotatable bonds is 15. The molecule has 52 heavy (non-hydrogen) atoms.